The highest BCUT2D eigenvalue weighted by Crippen LogP contribution is 2.23. The van der Waals surface area contributed by atoms with E-state index in [9.17, 15) is 9.59 Å². The standard InChI is InChI=1S/C20H33N3O4.ClH/c1-13(2)17(19(25)23(5)12-20(3,4)11-21)22-18(24)14-8-15(26-6)10-16(9-14)27-7;/h8-10,13,17H,11-12,21H2,1-7H3,(H,22,24);1H. The summed E-state index contributed by atoms with van der Waals surface area (Å²) in [5.41, 5.74) is 5.94. The van der Waals surface area contributed by atoms with Crippen LogP contribution in [0.15, 0.2) is 18.2 Å². The quantitative estimate of drug-likeness (QED) is 0.645. The molecule has 0 radical (unpaired) electrons. The molecule has 1 rings (SSSR count). The van der Waals surface area contributed by atoms with Gasteiger partial charge < -0.3 is 25.4 Å². The fourth-order valence-electron chi connectivity index (χ4n) is 2.70. The second kappa shape index (κ2) is 11.1. The lowest BCUT2D eigenvalue weighted by molar-refractivity contribution is -0.134. The molecule has 3 N–H and O–H groups in total. The minimum atomic E-state index is -0.645. The average molecular weight is 416 g/mol. The highest BCUT2D eigenvalue weighted by molar-refractivity contribution is 5.98. The SMILES string of the molecule is COc1cc(OC)cc(C(=O)NC(C(=O)N(C)CC(C)(C)CN)C(C)C)c1.Cl. The van der Waals surface area contributed by atoms with E-state index in [4.69, 9.17) is 15.2 Å². The van der Waals surface area contributed by atoms with E-state index in [1.165, 1.54) is 14.2 Å². The van der Waals surface area contributed by atoms with Crippen LogP contribution in [0, 0.1) is 11.3 Å². The fourth-order valence-corrected chi connectivity index (χ4v) is 2.70. The van der Waals surface area contributed by atoms with E-state index in [0.717, 1.165) is 0 Å². The summed E-state index contributed by atoms with van der Waals surface area (Å²) >= 11 is 0. The van der Waals surface area contributed by atoms with Gasteiger partial charge in [-0.3, -0.25) is 9.59 Å². The highest BCUT2D eigenvalue weighted by Gasteiger charge is 2.30. The van der Waals surface area contributed by atoms with Crippen LogP contribution in [-0.4, -0.2) is 57.1 Å². The largest absolute Gasteiger partial charge is 0.497 e. The number of rotatable bonds is 9. The topological polar surface area (TPSA) is 93.9 Å². The molecule has 0 spiro atoms. The highest BCUT2D eigenvalue weighted by atomic mass is 35.5. The molecule has 0 aliphatic heterocycles. The number of ether oxygens (including phenoxy) is 2. The van der Waals surface area contributed by atoms with Crippen molar-refractivity contribution in [2.75, 3.05) is 34.4 Å². The average Bonchev–Trinajstić information content (AvgIpc) is 2.64. The second-order valence-corrected chi connectivity index (χ2v) is 7.86. The first kappa shape index (κ1) is 26.0. The molecule has 0 bridgehead atoms. The van der Waals surface area contributed by atoms with Gasteiger partial charge in [0.05, 0.1) is 14.2 Å². The number of carbonyl (C=O) groups is 2. The Hall–Kier alpha value is -1.99. The number of amides is 2. The molecule has 28 heavy (non-hydrogen) atoms. The summed E-state index contributed by atoms with van der Waals surface area (Å²) in [5, 5.41) is 2.85. The molecule has 0 heterocycles. The van der Waals surface area contributed by atoms with Gasteiger partial charge in [-0.2, -0.15) is 0 Å². The summed E-state index contributed by atoms with van der Waals surface area (Å²) in [5.74, 6) is 0.445. The van der Waals surface area contributed by atoms with E-state index >= 15 is 0 Å². The van der Waals surface area contributed by atoms with Crippen molar-refractivity contribution in [2.24, 2.45) is 17.1 Å². The summed E-state index contributed by atoms with van der Waals surface area (Å²) in [4.78, 5) is 27.3. The Balaban J connectivity index is 0.00000729. The van der Waals surface area contributed by atoms with E-state index in [-0.39, 0.29) is 35.6 Å². The molecule has 1 unspecified atom stereocenters. The monoisotopic (exact) mass is 415 g/mol. The Bertz CT molecular complexity index is 643. The van der Waals surface area contributed by atoms with Crippen molar-refractivity contribution in [2.45, 2.75) is 33.7 Å². The van der Waals surface area contributed by atoms with Crippen molar-refractivity contribution in [1.29, 1.82) is 0 Å². The van der Waals surface area contributed by atoms with Crippen molar-refractivity contribution in [1.82, 2.24) is 10.2 Å². The Kier molecular flexibility index (Phi) is 10.3. The number of hydrogen-bond donors (Lipinski definition) is 2. The van der Waals surface area contributed by atoms with Gasteiger partial charge in [-0.25, -0.2) is 0 Å². The smallest absolute Gasteiger partial charge is 0.252 e. The third kappa shape index (κ3) is 7.20. The Morgan fingerprint density at radius 3 is 2.04 bits per heavy atom. The molecule has 0 aliphatic rings. The van der Waals surface area contributed by atoms with E-state index in [0.29, 0.717) is 30.2 Å². The molecule has 0 aliphatic carbocycles. The normalized spacial score (nSPS) is 12.0. The van der Waals surface area contributed by atoms with Crippen molar-refractivity contribution < 1.29 is 19.1 Å². The van der Waals surface area contributed by atoms with Crippen LogP contribution in [0.2, 0.25) is 0 Å². The van der Waals surface area contributed by atoms with Gasteiger partial charge in [0.1, 0.15) is 17.5 Å². The fraction of sp³-hybridized carbons (Fsp3) is 0.600. The van der Waals surface area contributed by atoms with Gasteiger partial charge >= 0.3 is 0 Å². The molecule has 1 atom stereocenters. The van der Waals surface area contributed by atoms with Crippen molar-refractivity contribution in [3.63, 3.8) is 0 Å². The Morgan fingerprint density at radius 2 is 1.64 bits per heavy atom. The Labute approximate surface area is 174 Å². The maximum absolute atomic E-state index is 12.9. The van der Waals surface area contributed by atoms with Gasteiger partial charge in [-0.15, -0.1) is 12.4 Å². The predicted molar refractivity (Wildman–Crippen MR) is 113 cm³/mol. The third-order valence-corrected chi connectivity index (χ3v) is 4.43. The number of hydrogen-bond acceptors (Lipinski definition) is 5. The van der Waals surface area contributed by atoms with Crippen molar-refractivity contribution in [3.05, 3.63) is 23.8 Å². The lowest BCUT2D eigenvalue weighted by Gasteiger charge is -2.32. The molecular weight excluding hydrogens is 382 g/mol. The molecular formula is C20H34ClN3O4. The van der Waals surface area contributed by atoms with Crippen LogP contribution in [0.4, 0.5) is 0 Å². The van der Waals surface area contributed by atoms with Gasteiger partial charge in [0.25, 0.3) is 5.91 Å². The van der Waals surface area contributed by atoms with Gasteiger partial charge in [0.2, 0.25) is 5.91 Å². The molecule has 8 heteroatoms. The molecule has 2 amide bonds. The van der Waals surface area contributed by atoms with Crippen molar-refractivity contribution in [3.8, 4) is 11.5 Å². The molecule has 160 valence electrons. The zero-order valence-corrected chi connectivity index (χ0v) is 18.7. The second-order valence-electron chi connectivity index (χ2n) is 7.86. The van der Waals surface area contributed by atoms with Crippen LogP contribution in [0.5, 0.6) is 11.5 Å². The minimum absolute atomic E-state index is 0. The van der Waals surface area contributed by atoms with Crippen molar-refractivity contribution >= 4 is 24.2 Å². The first-order chi connectivity index (χ1) is 12.5. The molecule has 7 nitrogen and oxygen atoms in total. The van der Waals surface area contributed by atoms with Crippen LogP contribution in [-0.2, 0) is 4.79 Å². The van der Waals surface area contributed by atoms with Gasteiger partial charge in [-0.05, 0) is 30.0 Å². The minimum Gasteiger partial charge on any atom is -0.497 e. The first-order valence-corrected chi connectivity index (χ1v) is 9.03. The van der Waals surface area contributed by atoms with Crippen LogP contribution < -0.4 is 20.5 Å². The number of halogens is 1. The van der Waals surface area contributed by atoms with E-state index < -0.39 is 6.04 Å². The maximum Gasteiger partial charge on any atom is 0.252 e. The molecule has 0 saturated carbocycles. The van der Waals surface area contributed by atoms with Crippen LogP contribution in [0.1, 0.15) is 38.1 Å². The summed E-state index contributed by atoms with van der Waals surface area (Å²) in [7, 11) is 4.77. The number of nitrogens with two attached hydrogens (primary N) is 1. The van der Waals surface area contributed by atoms with Crippen LogP contribution in [0.3, 0.4) is 0 Å². The predicted octanol–water partition coefficient (Wildman–Crippen LogP) is 2.32. The molecule has 1 aromatic carbocycles. The van der Waals surface area contributed by atoms with Gasteiger partial charge in [0, 0.05) is 25.2 Å². The summed E-state index contributed by atoms with van der Waals surface area (Å²) in [6.45, 7) is 8.78. The van der Waals surface area contributed by atoms with Gasteiger partial charge in [-0.1, -0.05) is 27.7 Å². The van der Waals surface area contributed by atoms with Crippen LogP contribution in [0.25, 0.3) is 0 Å². The lowest BCUT2D eigenvalue weighted by Crippen LogP contribution is -2.52. The van der Waals surface area contributed by atoms with E-state index in [2.05, 4.69) is 5.32 Å². The van der Waals surface area contributed by atoms with Crippen LogP contribution >= 0.6 is 12.4 Å². The summed E-state index contributed by atoms with van der Waals surface area (Å²) in [6.07, 6.45) is 0. The molecule has 0 saturated heterocycles. The first-order valence-electron chi connectivity index (χ1n) is 9.03. The summed E-state index contributed by atoms with van der Waals surface area (Å²) < 4.78 is 10.4. The van der Waals surface area contributed by atoms with Gasteiger partial charge in [0.15, 0.2) is 0 Å². The zero-order valence-electron chi connectivity index (χ0n) is 17.9. The number of nitrogens with one attached hydrogen (secondary N) is 1. The number of carbonyl (C=O) groups excluding carboxylic acids is 2. The van der Waals surface area contributed by atoms with E-state index in [1.54, 1.807) is 30.1 Å². The molecule has 0 aromatic heterocycles. The molecule has 0 fully saturated rings. The number of methoxy groups -OCH3 is 2. The lowest BCUT2D eigenvalue weighted by atomic mass is 9.92. The summed E-state index contributed by atoms with van der Waals surface area (Å²) in [6, 6.07) is 4.26. The zero-order chi connectivity index (χ0) is 20.8. The van der Waals surface area contributed by atoms with E-state index in [1.807, 2.05) is 27.7 Å². The number of likely N-dealkylation sites (N-methyl/N-ethyl adjacent to an activating group) is 1. The third-order valence-electron chi connectivity index (χ3n) is 4.43. The number of benzene rings is 1. The Morgan fingerprint density at radius 1 is 1.14 bits per heavy atom. The maximum atomic E-state index is 12.9. The molecule has 1 aromatic rings. The number of nitrogens with zero attached hydrogens (tertiary/aromatic N) is 1.